The molecule has 0 unspecified atom stereocenters. The molecule has 20 heavy (non-hydrogen) atoms. The standard InChI is InChI=1S/C15H17N3O2/c1-9-12(8-16-18(9)2)15(20)17-14-11-6-4-3-5-10(11)7-13(14)19/h3-6,8,13-14,19H,7H2,1-2H3,(H,17,20)/t13-,14+/m1/s1. The number of hydrogen-bond acceptors (Lipinski definition) is 3. The van der Waals surface area contributed by atoms with E-state index in [0.717, 1.165) is 16.8 Å². The predicted octanol–water partition coefficient (Wildman–Crippen LogP) is 1.12. The second-order valence-electron chi connectivity index (χ2n) is 5.19. The molecular formula is C15H17N3O2. The number of benzene rings is 1. The van der Waals surface area contributed by atoms with E-state index in [1.165, 1.54) is 0 Å². The van der Waals surface area contributed by atoms with Gasteiger partial charge in [0.1, 0.15) is 0 Å². The van der Waals surface area contributed by atoms with Gasteiger partial charge in [-0.3, -0.25) is 9.48 Å². The third-order valence-corrected chi connectivity index (χ3v) is 3.97. The highest BCUT2D eigenvalue weighted by atomic mass is 16.3. The predicted molar refractivity (Wildman–Crippen MR) is 74.3 cm³/mol. The molecule has 1 aliphatic carbocycles. The second kappa shape index (κ2) is 4.76. The molecule has 0 saturated heterocycles. The number of carbonyl (C=O) groups excluding carboxylic acids is 1. The second-order valence-corrected chi connectivity index (χ2v) is 5.19. The molecule has 1 heterocycles. The average Bonchev–Trinajstić information content (AvgIpc) is 2.92. The third kappa shape index (κ3) is 2.00. The Morgan fingerprint density at radius 2 is 2.20 bits per heavy atom. The Bertz CT molecular complexity index is 663. The maximum atomic E-state index is 12.3. The van der Waals surface area contributed by atoms with E-state index in [1.807, 2.05) is 31.2 Å². The Kier molecular flexibility index (Phi) is 3.06. The molecule has 0 radical (unpaired) electrons. The number of aliphatic hydroxyl groups excluding tert-OH is 1. The van der Waals surface area contributed by atoms with Gasteiger partial charge in [0, 0.05) is 19.2 Å². The summed E-state index contributed by atoms with van der Waals surface area (Å²) in [4.78, 5) is 12.3. The van der Waals surface area contributed by atoms with Gasteiger partial charge in [-0.15, -0.1) is 0 Å². The van der Waals surface area contributed by atoms with Crippen molar-refractivity contribution in [1.82, 2.24) is 15.1 Å². The molecule has 0 saturated carbocycles. The quantitative estimate of drug-likeness (QED) is 0.860. The molecule has 0 aliphatic heterocycles. The van der Waals surface area contributed by atoms with Crippen molar-refractivity contribution in [3.63, 3.8) is 0 Å². The molecule has 0 spiro atoms. The van der Waals surface area contributed by atoms with E-state index in [9.17, 15) is 9.90 Å². The van der Waals surface area contributed by atoms with E-state index in [1.54, 1.807) is 17.9 Å². The number of carbonyl (C=O) groups is 1. The summed E-state index contributed by atoms with van der Waals surface area (Å²) in [5.41, 5.74) is 3.44. The molecule has 5 heteroatoms. The van der Waals surface area contributed by atoms with Crippen LogP contribution in [-0.2, 0) is 13.5 Å². The largest absolute Gasteiger partial charge is 0.390 e. The monoisotopic (exact) mass is 271 g/mol. The molecule has 2 atom stereocenters. The van der Waals surface area contributed by atoms with Gasteiger partial charge in [0.15, 0.2) is 0 Å². The Labute approximate surface area is 117 Å². The van der Waals surface area contributed by atoms with E-state index in [0.29, 0.717) is 12.0 Å². The smallest absolute Gasteiger partial charge is 0.255 e. The van der Waals surface area contributed by atoms with E-state index in [4.69, 9.17) is 0 Å². The number of aryl methyl sites for hydroxylation is 1. The summed E-state index contributed by atoms with van der Waals surface area (Å²) in [6.45, 7) is 1.85. The zero-order chi connectivity index (χ0) is 14.3. The van der Waals surface area contributed by atoms with Gasteiger partial charge in [0.2, 0.25) is 0 Å². The van der Waals surface area contributed by atoms with E-state index in [-0.39, 0.29) is 11.9 Å². The summed E-state index contributed by atoms with van der Waals surface area (Å²) in [7, 11) is 1.80. The number of rotatable bonds is 2. The van der Waals surface area contributed by atoms with Gasteiger partial charge in [-0.05, 0) is 18.1 Å². The highest BCUT2D eigenvalue weighted by molar-refractivity contribution is 5.95. The molecule has 5 nitrogen and oxygen atoms in total. The summed E-state index contributed by atoms with van der Waals surface area (Å²) in [5.74, 6) is -0.198. The SMILES string of the molecule is Cc1c(C(=O)N[C@H]2c3ccccc3C[C@H]2O)cnn1C. The minimum atomic E-state index is -0.576. The van der Waals surface area contributed by atoms with Crippen molar-refractivity contribution in [2.45, 2.75) is 25.5 Å². The zero-order valence-electron chi connectivity index (χ0n) is 11.5. The molecule has 1 aromatic heterocycles. The molecule has 0 bridgehead atoms. The molecule has 0 fully saturated rings. The van der Waals surface area contributed by atoms with Crippen LogP contribution in [-0.4, -0.2) is 26.9 Å². The van der Waals surface area contributed by atoms with Gasteiger partial charge in [-0.2, -0.15) is 5.10 Å². The van der Waals surface area contributed by atoms with Crippen molar-refractivity contribution in [3.05, 3.63) is 52.8 Å². The first-order valence-electron chi connectivity index (χ1n) is 6.63. The highest BCUT2D eigenvalue weighted by Gasteiger charge is 2.32. The van der Waals surface area contributed by atoms with Gasteiger partial charge in [0.25, 0.3) is 5.91 Å². The van der Waals surface area contributed by atoms with Crippen LogP contribution in [0.3, 0.4) is 0 Å². The molecule has 2 aromatic rings. The number of aliphatic hydroxyl groups is 1. The molecule has 1 aromatic carbocycles. The van der Waals surface area contributed by atoms with Crippen molar-refractivity contribution in [2.75, 3.05) is 0 Å². The summed E-state index contributed by atoms with van der Waals surface area (Å²) in [6.07, 6.45) is 1.55. The number of nitrogens with one attached hydrogen (secondary N) is 1. The fourth-order valence-electron chi connectivity index (χ4n) is 2.69. The van der Waals surface area contributed by atoms with Crippen LogP contribution in [0, 0.1) is 6.92 Å². The highest BCUT2D eigenvalue weighted by Crippen LogP contribution is 2.31. The topological polar surface area (TPSA) is 67.2 Å². The summed E-state index contributed by atoms with van der Waals surface area (Å²) in [5, 5.41) is 17.1. The minimum Gasteiger partial charge on any atom is -0.390 e. The number of hydrogen-bond donors (Lipinski definition) is 2. The molecular weight excluding hydrogens is 254 g/mol. The molecule has 104 valence electrons. The molecule has 3 rings (SSSR count). The third-order valence-electron chi connectivity index (χ3n) is 3.97. The zero-order valence-corrected chi connectivity index (χ0v) is 11.5. The lowest BCUT2D eigenvalue weighted by Gasteiger charge is -2.17. The van der Waals surface area contributed by atoms with Crippen LogP contribution < -0.4 is 5.32 Å². The Balaban J connectivity index is 1.85. The molecule has 1 aliphatic rings. The van der Waals surface area contributed by atoms with E-state index < -0.39 is 6.10 Å². The van der Waals surface area contributed by atoms with E-state index >= 15 is 0 Å². The number of aromatic nitrogens is 2. The van der Waals surface area contributed by atoms with Crippen molar-refractivity contribution in [3.8, 4) is 0 Å². The average molecular weight is 271 g/mol. The van der Waals surface area contributed by atoms with Crippen LogP contribution in [0.25, 0.3) is 0 Å². The van der Waals surface area contributed by atoms with Crippen LogP contribution in [0.4, 0.5) is 0 Å². The summed E-state index contributed by atoms with van der Waals surface area (Å²) >= 11 is 0. The summed E-state index contributed by atoms with van der Waals surface area (Å²) < 4.78 is 1.66. The van der Waals surface area contributed by atoms with Crippen LogP contribution in [0.5, 0.6) is 0 Å². The maximum absolute atomic E-state index is 12.3. The van der Waals surface area contributed by atoms with Crippen molar-refractivity contribution in [1.29, 1.82) is 0 Å². The van der Waals surface area contributed by atoms with Crippen LogP contribution in [0.1, 0.15) is 33.2 Å². The normalized spacial score (nSPS) is 20.8. The lowest BCUT2D eigenvalue weighted by atomic mass is 10.1. The Morgan fingerprint density at radius 3 is 2.90 bits per heavy atom. The number of nitrogens with zero attached hydrogens (tertiary/aromatic N) is 2. The lowest BCUT2D eigenvalue weighted by molar-refractivity contribution is 0.0857. The van der Waals surface area contributed by atoms with Crippen LogP contribution in [0.2, 0.25) is 0 Å². The number of amides is 1. The first kappa shape index (κ1) is 12.9. The van der Waals surface area contributed by atoms with Gasteiger partial charge in [0.05, 0.1) is 23.9 Å². The first-order chi connectivity index (χ1) is 9.58. The van der Waals surface area contributed by atoms with Crippen molar-refractivity contribution >= 4 is 5.91 Å². The minimum absolute atomic E-state index is 0.198. The van der Waals surface area contributed by atoms with Gasteiger partial charge >= 0.3 is 0 Å². The van der Waals surface area contributed by atoms with Gasteiger partial charge in [-0.25, -0.2) is 0 Å². The fourth-order valence-corrected chi connectivity index (χ4v) is 2.69. The lowest BCUT2D eigenvalue weighted by Crippen LogP contribution is -2.34. The van der Waals surface area contributed by atoms with Crippen LogP contribution >= 0.6 is 0 Å². The molecule has 1 amide bonds. The molecule has 2 N–H and O–H groups in total. The Morgan fingerprint density at radius 1 is 1.45 bits per heavy atom. The van der Waals surface area contributed by atoms with Gasteiger partial charge in [-0.1, -0.05) is 24.3 Å². The number of fused-ring (bicyclic) bond motifs is 1. The first-order valence-corrected chi connectivity index (χ1v) is 6.63. The van der Waals surface area contributed by atoms with Crippen molar-refractivity contribution < 1.29 is 9.90 Å². The van der Waals surface area contributed by atoms with E-state index in [2.05, 4.69) is 10.4 Å². The van der Waals surface area contributed by atoms with Crippen LogP contribution in [0.15, 0.2) is 30.5 Å². The maximum Gasteiger partial charge on any atom is 0.255 e. The Hall–Kier alpha value is -2.14. The van der Waals surface area contributed by atoms with Gasteiger partial charge < -0.3 is 10.4 Å². The summed E-state index contributed by atoms with van der Waals surface area (Å²) in [6, 6.07) is 7.46. The fraction of sp³-hybridized carbons (Fsp3) is 0.333. The van der Waals surface area contributed by atoms with Crippen molar-refractivity contribution in [2.24, 2.45) is 7.05 Å².